The maximum Gasteiger partial charge on any atom is 0.109 e. The van der Waals surface area contributed by atoms with E-state index in [4.69, 9.17) is 10.7 Å². The Morgan fingerprint density at radius 3 is 2.63 bits per heavy atom. The summed E-state index contributed by atoms with van der Waals surface area (Å²) in [5, 5.41) is 0. The predicted octanol–water partition coefficient (Wildman–Crippen LogP) is 4.01. The summed E-state index contributed by atoms with van der Waals surface area (Å²) in [6.07, 6.45) is 3.30. The molecule has 0 radical (unpaired) electrons. The molecule has 3 nitrogen and oxygen atoms in total. The molecule has 0 saturated heterocycles. The van der Waals surface area contributed by atoms with E-state index in [9.17, 15) is 0 Å². The Balaban J connectivity index is 2.40. The van der Waals surface area contributed by atoms with Gasteiger partial charge in [0.05, 0.1) is 11.0 Å². The first kappa shape index (κ1) is 13.9. The van der Waals surface area contributed by atoms with Crippen molar-refractivity contribution in [3.63, 3.8) is 0 Å². The number of nitrogen functional groups attached to an aromatic ring is 1. The van der Waals surface area contributed by atoms with Gasteiger partial charge in [-0.3, -0.25) is 0 Å². The molecule has 1 aromatic heterocycles. The summed E-state index contributed by atoms with van der Waals surface area (Å²) in [5.74, 6) is 1.19. The van der Waals surface area contributed by atoms with Gasteiger partial charge in [0, 0.05) is 18.7 Å². The van der Waals surface area contributed by atoms with Crippen LogP contribution in [0.15, 0.2) is 18.2 Å². The van der Waals surface area contributed by atoms with Crippen molar-refractivity contribution in [2.75, 3.05) is 5.73 Å². The fourth-order valence-electron chi connectivity index (χ4n) is 2.31. The first-order valence-electron chi connectivity index (χ1n) is 7.15. The van der Waals surface area contributed by atoms with Crippen molar-refractivity contribution in [1.82, 2.24) is 9.55 Å². The van der Waals surface area contributed by atoms with Crippen LogP contribution in [0.25, 0.3) is 11.0 Å². The Morgan fingerprint density at radius 2 is 2.00 bits per heavy atom. The summed E-state index contributed by atoms with van der Waals surface area (Å²) in [6.45, 7) is 10.1. The van der Waals surface area contributed by atoms with E-state index in [0.29, 0.717) is 5.41 Å². The number of nitrogens with zero attached hydrogens (tertiary/aromatic N) is 2. The molecule has 19 heavy (non-hydrogen) atoms. The lowest BCUT2D eigenvalue weighted by molar-refractivity contribution is 0.350. The minimum absolute atomic E-state index is 0.341. The van der Waals surface area contributed by atoms with Crippen LogP contribution in [0.5, 0.6) is 0 Å². The molecule has 0 atom stereocenters. The number of imidazole rings is 1. The number of rotatable bonds is 4. The number of fused-ring (bicyclic) bond motifs is 1. The normalized spacial score (nSPS) is 12.2. The zero-order chi connectivity index (χ0) is 14.0. The average Bonchev–Trinajstić information content (AvgIpc) is 2.62. The summed E-state index contributed by atoms with van der Waals surface area (Å²) in [6, 6.07) is 6.04. The third-order valence-electron chi connectivity index (χ3n) is 3.41. The number of aromatic nitrogens is 2. The number of anilines is 1. The molecule has 0 amide bonds. The van der Waals surface area contributed by atoms with Crippen LogP contribution >= 0.6 is 0 Å². The van der Waals surface area contributed by atoms with Gasteiger partial charge >= 0.3 is 0 Å². The standard InChI is InChI=1S/C16H25N3/c1-5-6-15-18-13-11-12(17)7-8-14(13)19(15)10-9-16(2,3)4/h7-8,11H,5-6,9-10,17H2,1-4H3. The monoisotopic (exact) mass is 259 g/mol. The number of hydrogen-bond donors (Lipinski definition) is 1. The van der Waals surface area contributed by atoms with Crippen molar-refractivity contribution in [2.45, 2.75) is 53.5 Å². The summed E-state index contributed by atoms with van der Waals surface area (Å²) < 4.78 is 2.36. The third kappa shape index (κ3) is 3.28. The van der Waals surface area contributed by atoms with Gasteiger partial charge in [-0.1, -0.05) is 27.7 Å². The second kappa shape index (κ2) is 5.24. The largest absolute Gasteiger partial charge is 0.399 e. The van der Waals surface area contributed by atoms with Crippen molar-refractivity contribution in [3.8, 4) is 0 Å². The van der Waals surface area contributed by atoms with Crippen LogP contribution in [0.2, 0.25) is 0 Å². The van der Waals surface area contributed by atoms with Gasteiger partial charge in [0.25, 0.3) is 0 Å². The Bertz CT molecular complexity index is 561. The lowest BCUT2D eigenvalue weighted by atomic mass is 9.92. The van der Waals surface area contributed by atoms with E-state index in [1.165, 1.54) is 11.3 Å². The van der Waals surface area contributed by atoms with E-state index in [-0.39, 0.29) is 0 Å². The molecule has 104 valence electrons. The highest BCUT2D eigenvalue weighted by Crippen LogP contribution is 2.24. The molecule has 0 aliphatic rings. The lowest BCUT2D eigenvalue weighted by Crippen LogP contribution is -2.12. The molecule has 0 spiro atoms. The number of hydrogen-bond acceptors (Lipinski definition) is 2. The van der Waals surface area contributed by atoms with Gasteiger partial charge in [0.1, 0.15) is 5.82 Å². The Labute approximate surface area is 115 Å². The van der Waals surface area contributed by atoms with E-state index in [2.05, 4.69) is 38.3 Å². The van der Waals surface area contributed by atoms with Gasteiger partial charge in [-0.15, -0.1) is 0 Å². The Kier molecular flexibility index (Phi) is 3.83. The van der Waals surface area contributed by atoms with E-state index in [1.807, 2.05) is 12.1 Å². The molecule has 2 rings (SSSR count). The van der Waals surface area contributed by atoms with E-state index >= 15 is 0 Å². The molecule has 1 heterocycles. The molecular weight excluding hydrogens is 234 g/mol. The lowest BCUT2D eigenvalue weighted by Gasteiger charge is -2.19. The zero-order valence-electron chi connectivity index (χ0n) is 12.5. The molecule has 2 aromatic rings. The highest BCUT2D eigenvalue weighted by Gasteiger charge is 2.14. The predicted molar refractivity (Wildman–Crippen MR) is 82.2 cm³/mol. The maximum atomic E-state index is 5.85. The number of aryl methyl sites for hydroxylation is 2. The molecule has 0 bridgehead atoms. The van der Waals surface area contributed by atoms with Gasteiger partial charge in [0.2, 0.25) is 0 Å². The molecule has 0 aliphatic heterocycles. The molecule has 2 N–H and O–H groups in total. The van der Waals surface area contributed by atoms with Crippen molar-refractivity contribution in [1.29, 1.82) is 0 Å². The summed E-state index contributed by atoms with van der Waals surface area (Å²) >= 11 is 0. The highest BCUT2D eigenvalue weighted by molar-refractivity contribution is 5.79. The fourth-order valence-corrected chi connectivity index (χ4v) is 2.31. The second-order valence-electron chi connectivity index (χ2n) is 6.49. The van der Waals surface area contributed by atoms with Gasteiger partial charge in [-0.05, 0) is 36.5 Å². The van der Waals surface area contributed by atoms with Crippen molar-refractivity contribution in [2.24, 2.45) is 5.41 Å². The van der Waals surface area contributed by atoms with Crippen LogP contribution in [0, 0.1) is 5.41 Å². The van der Waals surface area contributed by atoms with Crippen LogP contribution in [-0.4, -0.2) is 9.55 Å². The summed E-state index contributed by atoms with van der Waals surface area (Å²) in [4.78, 5) is 4.75. The van der Waals surface area contributed by atoms with Crippen molar-refractivity contribution in [3.05, 3.63) is 24.0 Å². The minimum atomic E-state index is 0.341. The first-order valence-corrected chi connectivity index (χ1v) is 7.15. The molecule has 1 aromatic carbocycles. The van der Waals surface area contributed by atoms with Crippen LogP contribution in [0.3, 0.4) is 0 Å². The third-order valence-corrected chi connectivity index (χ3v) is 3.41. The van der Waals surface area contributed by atoms with Gasteiger partial charge < -0.3 is 10.3 Å². The minimum Gasteiger partial charge on any atom is -0.399 e. The molecule has 0 fully saturated rings. The first-order chi connectivity index (χ1) is 8.90. The fraction of sp³-hybridized carbons (Fsp3) is 0.562. The topological polar surface area (TPSA) is 43.8 Å². The quantitative estimate of drug-likeness (QED) is 0.843. The Morgan fingerprint density at radius 1 is 1.26 bits per heavy atom. The SMILES string of the molecule is CCCc1nc2cc(N)ccc2n1CCC(C)(C)C. The highest BCUT2D eigenvalue weighted by atomic mass is 15.1. The molecule has 0 saturated carbocycles. The van der Waals surface area contributed by atoms with Crippen molar-refractivity contribution < 1.29 is 0 Å². The van der Waals surface area contributed by atoms with Gasteiger partial charge in [-0.25, -0.2) is 4.98 Å². The summed E-state index contributed by atoms with van der Waals surface area (Å²) in [7, 11) is 0. The van der Waals surface area contributed by atoms with E-state index < -0.39 is 0 Å². The molecule has 0 aliphatic carbocycles. The van der Waals surface area contributed by atoms with E-state index in [0.717, 1.165) is 37.0 Å². The number of nitrogens with two attached hydrogens (primary N) is 1. The molecule has 0 unspecified atom stereocenters. The number of benzene rings is 1. The smallest absolute Gasteiger partial charge is 0.109 e. The van der Waals surface area contributed by atoms with Crippen molar-refractivity contribution >= 4 is 16.7 Å². The maximum absolute atomic E-state index is 5.85. The summed E-state index contributed by atoms with van der Waals surface area (Å²) in [5.41, 5.74) is 9.22. The van der Waals surface area contributed by atoms with E-state index in [1.54, 1.807) is 0 Å². The molecule has 3 heteroatoms. The van der Waals surface area contributed by atoms with Crippen LogP contribution < -0.4 is 5.73 Å². The van der Waals surface area contributed by atoms with Crippen LogP contribution in [0.1, 0.15) is 46.4 Å². The zero-order valence-corrected chi connectivity index (χ0v) is 12.5. The Hall–Kier alpha value is -1.51. The second-order valence-corrected chi connectivity index (χ2v) is 6.49. The van der Waals surface area contributed by atoms with Gasteiger partial charge in [-0.2, -0.15) is 0 Å². The van der Waals surface area contributed by atoms with Gasteiger partial charge in [0.15, 0.2) is 0 Å². The molecular formula is C16H25N3. The average molecular weight is 259 g/mol. The van der Waals surface area contributed by atoms with Crippen LogP contribution in [-0.2, 0) is 13.0 Å². The van der Waals surface area contributed by atoms with Crippen LogP contribution in [0.4, 0.5) is 5.69 Å².